The number of nitrogens with one attached hydrogen (secondary N) is 2. The van der Waals surface area contributed by atoms with Crippen molar-refractivity contribution in [1.82, 2.24) is 24.7 Å². The Balaban J connectivity index is 1.44. The molecule has 3 heterocycles. The quantitative estimate of drug-likeness (QED) is 0.201. The molecule has 0 aliphatic rings. The number of nitrogens with zero attached hydrogens (tertiary/aromatic N) is 5. The first-order valence-electron chi connectivity index (χ1n) is 10.8. The second-order valence-corrected chi connectivity index (χ2v) is 7.70. The van der Waals surface area contributed by atoms with Gasteiger partial charge < -0.3 is 9.55 Å². The predicted molar refractivity (Wildman–Crippen MR) is 126 cm³/mol. The number of fused-ring (bicyclic) bond motifs is 4. The van der Waals surface area contributed by atoms with Gasteiger partial charge in [-0.3, -0.25) is 0 Å². The maximum Gasteiger partial charge on any atom is 0.265 e. The molecule has 0 amide bonds. The molecule has 156 valence electrons. The number of rotatable bonds is 8. The van der Waals surface area contributed by atoms with Gasteiger partial charge in [0.1, 0.15) is 5.52 Å². The van der Waals surface area contributed by atoms with Gasteiger partial charge in [-0.25, -0.2) is 5.43 Å². The van der Waals surface area contributed by atoms with Crippen LogP contribution in [0.25, 0.3) is 33.0 Å². The minimum absolute atomic E-state index is 0.390. The zero-order chi connectivity index (χ0) is 21.0. The number of aromatic nitrogens is 5. The summed E-state index contributed by atoms with van der Waals surface area (Å²) in [5.41, 5.74) is 7.85. The Morgan fingerprint density at radius 3 is 2.74 bits per heavy atom. The number of anilines is 1. The summed E-state index contributed by atoms with van der Waals surface area (Å²) in [6.45, 7) is 3.15. The summed E-state index contributed by atoms with van der Waals surface area (Å²) in [5.74, 6) is 0.390. The van der Waals surface area contributed by atoms with Crippen LogP contribution in [0.3, 0.4) is 0 Å². The van der Waals surface area contributed by atoms with E-state index >= 15 is 0 Å². The molecule has 0 fully saturated rings. The molecule has 0 saturated carbocycles. The van der Waals surface area contributed by atoms with Gasteiger partial charge in [-0.2, -0.15) is 10.1 Å². The number of benzene rings is 2. The fraction of sp³-hybridized carbons (Fsp3) is 0.250. The standard InChI is InChI=1S/C24H25N7/c1-2-3-4-9-14-31-21-13-8-6-11-19(21)22-23(31)27-24(30-28-22)29-26-16-17-15-25-20-12-7-5-10-18(17)20/h5-8,10-13,15-16,25H,2-4,9,14H2,1H3,(H,27,29,30)/b26-16+. The molecule has 5 rings (SSSR count). The molecule has 0 aliphatic heterocycles. The molecule has 2 N–H and O–H groups in total. The van der Waals surface area contributed by atoms with Crippen LogP contribution in [-0.4, -0.2) is 30.9 Å². The molecule has 3 aromatic heterocycles. The van der Waals surface area contributed by atoms with Crippen LogP contribution in [0.2, 0.25) is 0 Å². The van der Waals surface area contributed by atoms with Crippen LogP contribution in [0.1, 0.15) is 38.2 Å². The zero-order valence-electron chi connectivity index (χ0n) is 17.5. The Morgan fingerprint density at radius 2 is 1.84 bits per heavy atom. The molecular weight excluding hydrogens is 386 g/mol. The third kappa shape index (κ3) is 3.74. The highest BCUT2D eigenvalue weighted by molar-refractivity contribution is 6.04. The van der Waals surface area contributed by atoms with Crippen molar-refractivity contribution in [3.63, 3.8) is 0 Å². The van der Waals surface area contributed by atoms with Crippen molar-refractivity contribution in [3.05, 3.63) is 60.3 Å². The van der Waals surface area contributed by atoms with Gasteiger partial charge in [-0.15, -0.1) is 10.2 Å². The molecule has 0 bridgehead atoms. The van der Waals surface area contributed by atoms with Crippen molar-refractivity contribution in [2.24, 2.45) is 5.10 Å². The Labute approximate surface area is 180 Å². The van der Waals surface area contributed by atoms with Gasteiger partial charge in [0.25, 0.3) is 5.95 Å². The van der Waals surface area contributed by atoms with Gasteiger partial charge in [0.15, 0.2) is 5.65 Å². The highest BCUT2D eigenvalue weighted by atomic mass is 15.4. The van der Waals surface area contributed by atoms with Crippen molar-refractivity contribution in [3.8, 4) is 0 Å². The van der Waals surface area contributed by atoms with Crippen LogP contribution in [0, 0.1) is 0 Å². The highest BCUT2D eigenvalue weighted by Crippen LogP contribution is 2.27. The number of hydrazone groups is 1. The lowest BCUT2D eigenvalue weighted by atomic mass is 10.2. The molecule has 7 nitrogen and oxygen atoms in total. The number of para-hydroxylation sites is 2. The summed E-state index contributed by atoms with van der Waals surface area (Å²) in [6, 6.07) is 16.4. The summed E-state index contributed by atoms with van der Waals surface area (Å²) < 4.78 is 2.25. The van der Waals surface area contributed by atoms with E-state index in [-0.39, 0.29) is 0 Å². The minimum atomic E-state index is 0.390. The number of aromatic amines is 1. The van der Waals surface area contributed by atoms with Crippen molar-refractivity contribution in [2.75, 3.05) is 5.43 Å². The first kappa shape index (κ1) is 19.2. The molecule has 0 aliphatic carbocycles. The van der Waals surface area contributed by atoms with Crippen molar-refractivity contribution >= 4 is 45.1 Å². The van der Waals surface area contributed by atoms with Crippen LogP contribution < -0.4 is 5.43 Å². The van der Waals surface area contributed by atoms with Crippen molar-refractivity contribution < 1.29 is 0 Å². The van der Waals surface area contributed by atoms with Gasteiger partial charge in [-0.1, -0.05) is 62.6 Å². The molecule has 0 saturated heterocycles. The van der Waals surface area contributed by atoms with Crippen LogP contribution in [-0.2, 0) is 6.54 Å². The molecule has 0 atom stereocenters. The monoisotopic (exact) mass is 411 g/mol. The largest absolute Gasteiger partial charge is 0.361 e. The molecule has 0 spiro atoms. The normalized spacial score (nSPS) is 11.9. The fourth-order valence-electron chi connectivity index (χ4n) is 4.03. The van der Waals surface area contributed by atoms with E-state index in [4.69, 9.17) is 4.98 Å². The van der Waals surface area contributed by atoms with E-state index < -0.39 is 0 Å². The molecule has 7 heteroatoms. The second-order valence-electron chi connectivity index (χ2n) is 7.70. The Kier molecular flexibility index (Phi) is 5.31. The van der Waals surface area contributed by atoms with Crippen molar-refractivity contribution in [2.45, 2.75) is 39.2 Å². The molecule has 0 unspecified atom stereocenters. The first-order chi connectivity index (χ1) is 15.3. The fourth-order valence-corrected chi connectivity index (χ4v) is 4.03. The smallest absolute Gasteiger partial charge is 0.265 e. The molecule has 0 radical (unpaired) electrons. The summed E-state index contributed by atoms with van der Waals surface area (Å²) in [6.07, 6.45) is 8.51. The Morgan fingerprint density at radius 1 is 1.00 bits per heavy atom. The van der Waals surface area contributed by atoms with Gasteiger partial charge in [-0.05, 0) is 18.6 Å². The van der Waals surface area contributed by atoms with Gasteiger partial charge in [0.05, 0.1) is 11.7 Å². The van der Waals surface area contributed by atoms with Gasteiger partial charge >= 0.3 is 0 Å². The van der Waals surface area contributed by atoms with E-state index in [1.165, 1.54) is 19.3 Å². The van der Waals surface area contributed by atoms with E-state index in [9.17, 15) is 0 Å². The van der Waals surface area contributed by atoms with Gasteiger partial charge in [0.2, 0.25) is 0 Å². The van der Waals surface area contributed by atoms with Crippen LogP contribution in [0.15, 0.2) is 59.8 Å². The van der Waals surface area contributed by atoms with Crippen molar-refractivity contribution in [1.29, 1.82) is 0 Å². The molecular formula is C24H25N7. The van der Waals surface area contributed by atoms with Crippen LogP contribution in [0.5, 0.6) is 0 Å². The average Bonchev–Trinajstić information content (AvgIpc) is 3.36. The third-order valence-electron chi connectivity index (χ3n) is 5.60. The highest BCUT2D eigenvalue weighted by Gasteiger charge is 2.14. The maximum absolute atomic E-state index is 4.75. The van der Waals surface area contributed by atoms with E-state index in [0.717, 1.165) is 51.5 Å². The van der Waals surface area contributed by atoms with Gasteiger partial charge in [0, 0.05) is 34.6 Å². The number of hydrogen-bond donors (Lipinski definition) is 2. The minimum Gasteiger partial charge on any atom is -0.361 e. The summed E-state index contributed by atoms with van der Waals surface area (Å²) in [5, 5.41) is 15.3. The first-order valence-corrected chi connectivity index (χ1v) is 10.8. The summed E-state index contributed by atoms with van der Waals surface area (Å²) >= 11 is 0. The number of hydrogen-bond acceptors (Lipinski definition) is 5. The lowest BCUT2D eigenvalue weighted by Gasteiger charge is -2.06. The Bertz CT molecular complexity index is 1360. The van der Waals surface area contributed by atoms with E-state index in [2.05, 4.69) is 61.5 Å². The lowest BCUT2D eigenvalue weighted by Crippen LogP contribution is -2.03. The van der Waals surface area contributed by atoms with Crippen LogP contribution in [0.4, 0.5) is 5.95 Å². The van der Waals surface area contributed by atoms with E-state index in [1.807, 2.05) is 30.5 Å². The third-order valence-corrected chi connectivity index (χ3v) is 5.60. The van der Waals surface area contributed by atoms with E-state index in [1.54, 1.807) is 6.21 Å². The van der Waals surface area contributed by atoms with E-state index in [0.29, 0.717) is 5.95 Å². The molecule has 31 heavy (non-hydrogen) atoms. The zero-order valence-corrected chi connectivity index (χ0v) is 17.5. The summed E-state index contributed by atoms with van der Waals surface area (Å²) in [7, 11) is 0. The summed E-state index contributed by atoms with van der Waals surface area (Å²) in [4.78, 5) is 8.00. The number of unbranched alkanes of at least 4 members (excludes halogenated alkanes) is 3. The topological polar surface area (TPSA) is 83.8 Å². The number of H-pyrrole nitrogens is 1. The number of aryl methyl sites for hydroxylation is 1. The maximum atomic E-state index is 4.75. The average molecular weight is 412 g/mol. The van der Waals surface area contributed by atoms with Crippen LogP contribution >= 0.6 is 0 Å². The predicted octanol–water partition coefficient (Wildman–Crippen LogP) is 5.49. The molecule has 5 aromatic rings. The SMILES string of the molecule is CCCCCCn1c2ccccc2c2nnc(N/N=C/c3c[nH]c4ccccc34)nc21. The Hall–Kier alpha value is -3.74. The molecule has 2 aromatic carbocycles. The second kappa shape index (κ2) is 8.55. The lowest BCUT2D eigenvalue weighted by molar-refractivity contribution is 0.600.